The molecular formula is C19H27NO5S3. The summed E-state index contributed by atoms with van der Waals surface area (Å²) in [6, 6.07) is 6.13. The normalized spacial score (nSPS) is 20.2. The lowest BCUT2D eigenvalue weighted by Gasteiger charge is -2.23. The van der Waals surface area contributed by atoms with E-state index >= 15 is 0 Å². The van der Waals surface area contributed by atoms with Crippen molar-refractivity contribution in [1.82, 2.24) is 4.31 Å². The number of unbranched alkanes of at least 4 members (excludes halogenated alkanes) is 1. The number of benzene rings is 1. The van der Waals surface area contributed by atoms with E-state index in [0.717, 1.165) is 24.6 Å². The van der Waals surface area contributed by atoms with Crippen LogP contribution in [0.2, 0.25) is 0 Å². The highest BCUT2D eigenvalue weighted by atomic mass is 32.2. The monoisotopic (exact) mass is 445 g/mol. The second kappa shape index (κ2) is 10.7. The number of carbonyl (C=O) groups is 2. The molecule has 1 saturated heterocycles. The minimum atomic E-state index is -3.72. The van der Waals surface area contributed by atoms with Crippen LogP contribution in [0.4, 0.5) is 0 Å². The highest BCUT2D eigenvalue weighted by Crippen LogP contribution is 2.34. The average Bonchev–Trinajstić information content (AvgIpc) is 3.03. The van der Waals surface area contributed by atoms with E-state index in [0.29, 0.717) is 24.5 Å². The van der Waals surface area contributed by atoms with Gasteiger partial charge in [0.1, 0.15) is 5.75 Å². The molecule has 9 heteroatoms. The molecular weight excluding hydrogens is 418 g/mol. The summed E-state index contributed by atoms with van der Waals surface area (Å²) in [4.78, 5) is 23.0. The van der Waals surface area contributed by atoms with Gasteiger partial charge in [-0.3, -0.25) is 9.59 Å². The van der Waals surface area contributed by atoms with Crippen molar-refractivity contribution >= 4 is 43.8 Å². The molecule has 1 fully saturated rings. The molecule has 1 aliphatic heterocycles. The third-order valence-electron chi connectivity index (χ3n) is 4.33. The summed E-state index contributed by atoms with van der Waals surface area (Å²) in [5, 5.41) is -0.175. The Labute approximate surface area is 175 Å². The Morgan fingerprint density at radius 1 is 1.18 bits per heavy atom. The fourth-order valence-electron chi connectivity index (χ4n) is 3.00. The molecule has 0 aromatic heterocycles. The van der Waals surface area contributed by atoms with Gasteiger partial charge in [0.05, 0.1) is 11.5 Å². The maximum Gasteiger partial charge on any atom is 0.243 e. The molecule has 2 atom stereocenters. The van der Waals surface area contributed by atoms with Gasteiger partial charge in [-0.1, -0.05) is 36.9 Å². The topological polar surface area (TPSA) is 80.8 Å². The van der Waals surface area contributed by atoms with E-state index in [9.17, 15) is 18.0 Å². The van der Waals surface area contributed by atoms with Gasteiger partial charge in [-0.2, -0.15) is 4.31 Å². The zero-order valence-electron chi connectivity index (χ0n) is 16.4. The lowest BCUT2D eigenvalue weighted by Crippen LogP contribution is -2.37. The summed E-state index contributed by atoms with van der Waals surface area (Å²) in [7, 11) is -3.72. The van der Waals surface area contributed by atoms with E-state index in [1.165, 1.54) is 29.9 Å². The maximum absolute atomic E-state index is 13.2. The summed E-state index contributed by atoms with van der Waals surface area (Å²) in [5.41, 5.74) is 0. The van der Waals surface area contributed by atoms with Crippen molar-refractivity contribution in [1.29, 1.82) is 0 Å². The van der Waals surface area contributed by atoms with Gasteiger partial charge in [-0.05, 0) is 37.1 Å². The molecule has 2 rings (SSSR count). The number of ether oxygens (including phenoxy) is 1. The number of thioether (sulfide) groups is 2. The predicted octanol–water partition coefficient (Wildman–Crippen LogP) is 3.56. The summed E-state index contributed by atoms with van der Waals surface area (Å²) >= 11 is 2.29. The molecule has 0 amide bonds. The van der Waals surface area contributed by atoms with Gasteiger partial charge >= 0.3 is 0 Å². The van der Waals surface area contributed by atoms with Crippen LogP contribution in [0.5, 0.6) is 5.75 Å². The Hall–Kier alpha value is -1.03. The van der Waals surface area contributed by atoms with Crippen molar-refractivity contribution < 1.29 is 22.7 Å². The van der Waals surface area contributed by atoms with Crippen LogP contribution in [0, 0.1) is 0 Å². The van der Waals surface area contributed by atoms with Crippen molar-refractivity contribution in [3.8, 4) is 5.75 Å². The molecule has 28 heavy (non-hydrogen) atoms. The average molecular weight is 446 g/mol. The minimum absolute atomic E-state index is 0.0317. The van der Waals surface area contributed by atoms with Crippen LogP contribution in [0.3, 0.4) is 0 Å². The number of nitrogens with zero attached hydrogens (tertiary/aromatic N) is 1. The Bertz CT molecular complexity index is 779. The van der Waals surface area contributed by atoms with E-state index in [2.05, 4.69) is 6.92 Å². The van der Waals surface area contributed by atoms with Gasteiger partial charge < -0.3 is 4.74 Å². The van der Waals surface area contributed by atoms with E-state index in [-0.39, 0.29) is 33.0 Å². The van der Waals surface area contributed by atoms with Gasteiger partial charge in [0, 0.05) is 37.4 Å². The van der Waals surface area contributed by atoms with Crippen LogP contribution in [-0.2, 0) is 19.6 Å². The predicted molar refractivity (Wildman–Crippen MR) is 114 cm³/mol. The van der Waals surface area contributed by atoms with Crippen molar-refractivity contribution in [3.05, 3.63) is 24.3 Å². The maximum atomic E-state index is 13.2. The first-order chi connectivity index (χ1) is 13.2. The number of hydrogen-bond acceptors (Lipinski definition) is 7. The number of rotatable bonds is 9. The van der Waals surface area contributed by atoms with Crippen LogP contribution in [0.1, 0.15) is 40.0 Å². The Morgan fingerprint density at radius 3 is 2.43 bits per heavy atom. The summed E-state index contributed by atoms with van der Waals surface area (Å²) in [5.74, 6) is 1.03. The molecule has 0 spiro atoms. The van der Waals surface area contributed by atoms with E-state index in [1.54, 1.807) is 24.3 Å². The smallest absolute Gasteiger partial charge is 0.243 e. The highest BCUT2D eigenvalue weighted by Gasteiger charge is 2.41. The quantitative estimate of drug-likeness (QED) is 0.538. The highest BCUT2D eigenvalue weighted by molar-refractivity contribution is 8.14. The Balaban J connectivity index is 2.17. The van der Waals surface area contributed by atoms with Crippen molar-refractivity contribution in [2.45, 2.75) is 56.2 Å². The third kappa shape index (κ3) is 6.50. The lowest BCUT2D eigenvalue weighted by atomic mass is 10.2. The molecule has 0 saturated carbocycles. The van der Waals surface area contributed by atoms with E-state index < -0.39 is 10.0 Å². The molecule has 1 aromatic rings. The van der Waals surface area contributed by atoms with Crippen LogP contribution in [0.15, 0.2) is 29.2 Å². The van der Waals surface area contributed by atoms with Crippen LogP contribution in [-0.4, -0.2) is 53.1 Å². The summed E-state index contributed by atoms with van der Waals surface area (Å²) in [6.07, 6.45) is 2.53. The van der Waals surface area contributed by atoms with E-state index in [4.69, 9.17) is 4.74 Å². The van der Waals surface area contributed by atoms with Crippen molar-refractivity contribution in [2.75, 3.05) is 18.9 Å². The fraction of sp³-hybridized carbons (Fsp3) is 0.579. The van der Waals surface area contributed by atoms with Gasteiger partial charge in [0.25, 0.3) is 0 Å². The molecule has 1 heterocycles. The molecule has 1 aromatic carbocycles. The van der Waals surface area contributed by atoms with Crippen LogP contribution < -0.4 is 4.74 Å². The molecule has 0 unspecified atom stereocenters. The van der Waals surface area contributed by atoms with Gasteiger partial charge in [0.15, 0.2) is 10.2 Å². The molecule has 6 nitrogen and oxygen atoms in total. The molecule has 0 bridgehead atoms. The van der Waals surface area contributed by atoms with E-state index in [1.807, 2.05) is 0 Å². The first kappa shape index (κ1) is 23.3. The molecule has 0 radical (unpaired) electrons. The van der Waals surface area contributed by atoms with Crippen molar-refractivity contribution in [3.63, 3.8) is 0 Å². The van der Waals surface area contributed by atoms with Gasteiger partial charge in [-0.15, -0.1) is 0 Å². The minimum Gasteiger partial charge on any atom is -0.494 e. The number of sulfonamides is 1. The number of carbonyl (C=O) groups excluding carboxylic acids is 2. The first-order valence-corrected chi connectivity index (χ1v) is 12.6. The first-order valence-electron chi connectivity index (χ1n) is 9.29. The second-order valence-electron chi connectivity index (χ2n) is 6.67. The zero-order chi connectivity index (χ0) is 20.7. The zero-order valence-corrected chi connectivity index (χ0v) is 18.9. The Morgan fingerprint density at radius 2 is 1.86 bits per heavy atom. The van der Waals surface area contributed by atoms with Crippen molar-refractivity contribution in [2.24, 2.45) is 0 Å². The Kier molecular flexibility index (Phi) is 8.85. The molecule has 1 aliphatic rings. The molecule has 156 valence electrons. The van der Waals surface area contributed by atoms with Crippen LogP contribution >= 0.6 is 23.5 Å². The lowest BCUT2D eigenvalue weighted by molar-refractivity contribution is -0.110. The summed E-state index contributed by atoms with van der Waals surface area (Å²) in [6.45, 7) is 5.90. The largest absolute Gasteiger partial charge is 0.494 e. The molecule has 0 aliphatic carbocycles. The molecule has 0 N–H and O–H groups in total. The van der Waals surface area contributed by atoms with Gasteiger partial charge in [0.2, 0.25) is 10.0 Å². The second-order valence-corrected chi connectivity index (χ2v) is 11.2. The SMILES string of the molecule is CCCCOc1ccc(S(=O)(=O)N2C[C@@H](SC(C)=O)C[C@@H]2CSC(C)=O)cc1. The number of hydrogen-bond donors (Lipinski definition) is 0. The third-order valence-corrected chi connectivity index (χ3v) is 8.23. The van der Waals surface area contributed by atoms with Gasteiger partial charge in [-0.25, -0.2) is 8.42 Å². The van der Waals surface area contributed by atoms with Crippen LogP contribution in [0.25, 0.3) is 0 Å². The fourth-order valence-corrected chi connectivity index (χ4v) is 6.64. The standard InChI is InChI=1S/C19H27NO5S3/c1-4-5-10-25-17-6-8-19(9-7-17)28(23,24)20-12-18(27-15(3)22)11-16(20)13-26-14(2)21/h6-9,16,18H,4-5,10-13H2,1-3H3/t16-,18+/m1/s1. The summed E-state index contributed by atoms with van der Waals surface area (Å²) < 4.78 is 33.4.